The molecule has 1 spiro atoms. The summed E-state index contributed by atoms with van der Waals surface area (Å²) in [5, 5.41) is 15.7. The number of halogens is 1. The van der Waals surface area contributed by atoms with E-state index < -0.39 is 22.6 Å². The van der Waals surface area contributed by atoms with Gasteiger partial charge in [0.15, 0.2) is 0 Å². The molecule has 2 bridgehead atoms. The molecule has 0 radical (unpaired) electrons. The van der Waals surface area contributed by atoms with Crippen molar-refractivity contribution in [1.82, 2.24) is 15.1 Å². The number of likely N-dealkylation sites (tertiary alicyclic amines) is 1. The lowest BCUT2D eigenvalue weighted by Gasteiger charge is -2.35. The van der Waals surface area contributed by atoms with Gasteiger partial charge in [-0.25, -0.2) is 0 Å². The third-order valence-electron chi connectivity index (χ3n) is 7.94. The average molecular weight is 612 g/mol. The second-order valence-electron chi connectivity index (χ2n) is 10.1. The zero-order chi connectivity index (χ0) is 26.9. The fourth-order valence-corrected chi connectivity index (χ4v) is 9.98. The Morgan fingerprint density at radius 1 is 1.21 bits per heavy atom. The molecule has 10 nitrogen and oxygen atoms in total. The first-order chi connectivity index (χ1) is 18.4. The molecular weight excluding hydrogens is 576 g/mol. The number of alkyl halides is 1. The van der Waals surface area contributed by atoms with Crippen molar-refractivity contribution in [2.45, 2.75) is 34.2 Å². The monoisotopic (exact) mass is 610 g/mol. The maximum Gasteiger partial charge on any atom is 0.244 e. The van der Waals surface area contributed by atoms with Crippen LogP contribution in [-0.2, 0) is 19.1 Å². The summed E-state index contributed by atoms with van der Waals surface area (Å²) in [7, 11) is 0. The number of fused-ring (bicyclic) bond motifs is 1. The number of ether oxygens (including phenoxy) is 2. The minimum Gasteiger partial charge on any atom is -0.494 e. The second-order valence-corrected chi connectivity index (χ2v) is 12.8. The zero-order valence-electron chi connectivity index (χ0n) is 21.4. The van der Waals surface area contributed by atoms with E-state index >= 15 is 0 Å². The maximum atomic E-state index is 13.8. The number of benzene rings is 1. The molecule has 4 aliphatic rings. The molecule has 38 heavy (non-hydrogen) atoms. The van der Waals surface area contributed by atoms with Crippen LogP contribution in [0.2, 0.25) is 0 Å². The van der Waals surface area contributed by atoms with Crippen molar-refractivity contribution in [2.24, 2.45) is 11.8 Å². The van der Waals surface area contributed by atoms with Crippen molar-refractivity contribution in [3.05, 3.63) is 24.3 Å². The highest BCUT2D eigenvalue weighted by Gasteiger charge is 2.75. The van der Waals surface area contributed by atoms with E-state index in [0.29, 0.717) is 50.8 Å². The third kappa shape index (κ3) is 5.05. The minimum absolute atomic E-state index is 0.00893. The van der Waals surface area contributed by atoms with Crippen molar-refractivity contribution in [3.8, 4) is 5.75 Å². The highest BCUT2D eigenvalue weighted by atomic mass is 79.9. The number of amides is 3. The number of anilines is 1. The minimum atomic E-state index is -0.741. The number of thioether (sulfide) groups is 1. The molecular formula is C26H35BrN4O6S. The van der Waals surface area contributed by atoms with Gasteiger partial charge < -0.3 is 30.1 Å². The summed E-state index contributed by atoms with van der Waals surface area (Å²) in [6, 6.07) is 6.41. The average Bonchev–Trinajstić information content (AvgIpc) is 3.50. The summed E-state index contributed by atoms with van der Waals surface area (Å²) in [4.78, 5) is 44.8. The number of hydrogen-bond donors (Lipinski definition) is 3. The number of morpholine rings is 1. The number of nitrogens with one attached hydrogen (secondary N) is 2. The molecule has 0 saturated carbocycles. The number of carbonyl (C=O) groups is 3. The largest absolute Gasteiger partial charge is 0.494 e. The normalized spacial score (nSPS) is 32.3. The molecule has 1 aromatic carbocycles. The Hall–Kier alpha value is -1.86. The first-order valence-electron chi connectivity index (χ1n) is 13.2. The van der Waals surface area contributed by atoms with E-state index in [1.165, 1.54) is 4.90 Å². The number of aliphatic hydroxyl groups excluding tert-OH is 1. The van der Waals surface area contributed by atoms with Gasteiger partial charge in [0.25, 0.3) is 0 Å². The molecule has 12 heteroatoms. The van der Waals surface area contributed by atoms with Gasteiger partial charge in [-0.05, 0) is 37.6 Å². The molecule has 0 aliphatic carbocycles. The van der Waals surface area contributed by atoms with Crippen LogP contribution in [0, 0.1) is 11.8 Å². The highest BCUT2D eigenvalue weighted by Crippen LogP contribution is 2.67. The summed E-state index contributed by atoms with van der Waals surface area (Å²) >= 11 is 5.35. The summed E-state index contributed by atoms with van der Waals surface area (Å²) in [6.07, 6.45) is 0.606. The van der Waals surface area contributed by atoms with Crippen LogP contribution in [0.15, 0.2) is 24.3 Å². The Morgan fingerprint density at radius 3 is 2.63 bits per heavy atom. The number of β-amino-alcohol motifs (C(OH)–C–C–N with tert-alkyl or cyclic N) is 1. The lowest BCUT2D eigenvalue weighted by Crippen LogP contribution is -2.55. The molecule has 4 saturated heterocycles. The summed E-state index contributed by atoms with van der Waals surface area (Å²) in [6.45, 7) is 6.47. The highest BCUT2D eigenvalue weighted by molar-refractivity contribution is 9.09. The SMILES string of the molecule is CCOc1ccc(NC(=O)[C@H]2[C@@H]3SC4(CC3Br)C(C(=O)NCCN3CCOCC3)N(CCO)C(=O)[C@H]24)cc1. The van der Waals surface area contributed by atoms with Crippen molar-refractivity contribution in [2.75, 3.05) is 64.5 Å². The third-order valence-corrected chi connectivity index (χ3v) is 11.2. The first-order valence-corrected chi connectivity index (χ1v) is 15.0. The van der Waals surface area contributed by atoms with E-state index in [1.54, 1.807) is 36.0 Å². The predicted octanol–water partition coefficient (Wildman–Crippen LogP) is 0.929. The Labute approximate surface area is 235 Å². The predicted molar refractivity (Wildman–Crippen MR) is 148 cm³/mol. The van der Waals surface area contributed by atoms with Gasteiger partial charge >= 0.3 is 0 Å². The van der Waals surface area contributed by atoms with Crippen LogP contribution in [0.1, 0.15) is 13.3 Å². The van der Waals surface area contributed by atoms with Gasteiger partial charge in [0, 0.05) is 48.5 Å². The molecule has 5 rings (SSSR count). The Morgan fingerprint density at radius 2 is 1.95 bits per heavy atom. The summed E-state index contributed by atoms with van der Waals surface area (Å²) in [5.41, 5.74) is 0.626. The van der Waals surface area contributed by atoms with Crippen LogP contribution in [0.5, 0.6) is 5.75 Å². The Bertz CT molecular complexity index is 1040. The number of aliphatic hydroxyl groups is 1. The van der Waals surface area contributed by atoms with E-state index in [4.69, 9.17) is 9.47 Å². The van der Waals surface area contributed by atoms with E-state index in [9.17, 15) is 19.5 Å². The summed E-state index contributed by atoms with van der Waals surface area (Å²) in [5.74, 6) is -1.18. The topological polar surface area (TPSA) is 120 Å². The van der Waals surface area contributed by atoms with E-state index in [2.05, 4.69) is 31.5 Å². The maximum absolute atomic E-state index is 13.8. The van der Waals surface area contributed by atoms with Gasteiger partial charge in [-0.2, -0.15) is 0 Å². The number of nitrogens with zero attached hydrogens (tertiary/aromatic N) is 2. The molecule has 4 fully saturated rings. The van der Waals surface area contributed by atoms with Crippen molar-refractivity contribution in [1.29, 1.82) is 0 Å². The van der Waals surface area contributed by atoms with E-state index in [0.717, 1.165) is 13.1 Å². The van der Waals surface area contributed by atoms with Crippen molar-refractivity contribution in [3.63, 3.8) is 0 Å². The second kappa shape index (κ2) is 11.7. The molecule has 208 valence electrons. The molecule has 4 heterocycles. The van der Waals surface area contributed by atoms with Gasteiger partial charge in [-0.3, -0.25) is 19.3 Å². The van der Waals surface area contributed by atoms with Gasteiger partial charge in [-0.15, -0.1) is 11.8 Å². The number of hydrogen-bond acceptors (Lipinski definition) is 8. The van der Waals surface area contributed by atoms with Crippen LogP contribution in [0.4, 0.5) is 5.69 Å². The fraction of sp³-hybridized carbons (Fsp3) is 0.654. The molecule has 0 aromatic heterocycles. The van der Waals surface area contributed by atoms with Gasteiger partial charge in [0.2, 0.25) is 17.7 Å². The molecule has 3 unspecified atom stereocenters. The van der Waals surface area contributed by atoms with Crippen LogP contribution in [-0.4, -0.2) is 113 Å². The smallest absolute Gasteiger partial charge is 0.244 e. The Balaban J connectivity index is 1.33. The first kappa shape index (κ1) is 27.7. The molecule has 1 aromatic rings. The lowest BCUT2D eigenvalue weighted by molar-refractivity contribution is -0.139. The Kier molecular flexibility index (Phi) is 8.54. The summed E-state index contributed by atoms with van der Waals surface area (Å²) < 4.78 is 10.1. The molecule has 3 amide bonds. The quantitative estimate of drug-likeness (QED) is 0.335. The van der Waals surface area contributed by atoms with Gasteiger partial charge in [0.05, 0.1) is 43.0 Å². The van der Waals surface area contributed by atoms with Crippen molar-refractivity contribution >= 4 is 51.1 Å². The zero-order valence-corrected chi connectivity index (χ0v) is 23.8. The van der Waals surface area contributed by atoms with Crippen molar-refractivity contribution < 1.29 is 29.0 Å². The number of carbonyl (C=O) groups excluding carboxylic acids is 3. The van der Waals surface area contributed by atoms with Crippen LogP contribution in [0.3, 0.4) is 0 Å². The van der Waals surface area contributed by atoms with E-state index in [-0.39, 0.29) is 41.0 Å². The molecule has 6 atom stereocenters. The number of rotatable bonds is 10. The fourth-order valence-electron chi connectivity index (χ4n) is 6.36. The molecule has 3 N–H and O–H groups in total. The van der Waals surface area contributed by atoms with Crippen LogP contribution in [0.25, 0.3) is 0 Å². The van der Waals surface area contributed by atoms with Crippen LogP contribution >= 0.6 is 27.7 Å². The van der Waals surface area contributed by atoms with Gasteiger partial charge in [0.1, 0.15) is 11.8 Å². The van der Waals surface area contributed by atoms with Gasteiger partial charge in [-0.1, -0.05) is 15.9 Å². The lowest BCUT2D eigenvalue weighted by atomic mass is 9.70. The standard InChI is InChI=1S/C26H35BrN4O6S/c1-2-37-17-5-3-16(4-6-17)29-23(33)19-20-25(35)31(9-12-32)22(26(20)15-18(27)21(19)38-26)24(34)28-7-8-30-10-13-36-14-11-30/h3-6,18-22,32H,2,7-15H2,1H3,(H,28,34)(H,29,33)/t18?,19-,20+,21-,22?,26?/m1/s1. The molecule has 4 aliphatic heterocycles. The van der Waals surface area contributed by atoms with Crippen LogP contribution < -0.4 is 15.4 Å². The van der Waals surface area contributed by atoms with E-state index in [1.807, 2.05) is 6.92 Å².